The number of nitrogens with zero attached hydrogens (tertiary/aromatic N) is 2. The van der Waals surface area contributed by atoms with Crippen molar-refractivity contribution in [1.82, 2.24) is 4.98 Å². The van der Waals surface area contributed by atoms with Gasteiger partial charge in [0.15, 0.2) is 0 Å². The zero-order valence-corrected chi connectivity index (χ0v) is 15.8. The van der Waals surface area contributed by atoms with Crippen molar-refractivity contribution in [3.8, 4) is 5.75 Å². The Bertz CT molecular complexity index is 835. The number of pyridine rings is 1. The molecule has 1 aromatic heterocycles. The number of hydrogen-bond acceptors (Lipinski definition) is 5. The van der Waals surface area contributed by atoms with Gasteiger partial charge in [0.1, 0.15) is 11.9 Å². The van der Waals surface area contributed by atoms with Crippen molar-refractivity contribution in [1.29, 1.82) is 0 Å². The van der Waals surface area contributed by atoms with Crippen molar-refractivity contribution >= 4 is 17.5 Å². The Morgan fingerprint density at radius 3 is 2.93 bits per heavy atom. The van der Waals surface area contributed by atoms with Crippen LogP contribution in [-0.4, -0.2) is 30.8 Å². The minimum absolute atomic E-state index is 0.0381. The largest absolute Gasteiger partial charge is 0.497 e. The zero-order valence-electron chi connectivity index (χ0n) is 15.8. The molecule has 1 aromatic carbocycles. The summed E-state index contributed by atoms with van der Waals surface area (Å²) >= 11 is 0. The van der Waals surface area contributed by atoms with E-state index >= 15 is 0 Å². The molecule has 1 amide bonds. The second-order valence-corrected chi connectivity index (χ2v) is 7.14. The van der Waals surface area contributed by atoms with Gasteiger partial charge in [0.2, 0.25) is 0 Å². The van der Waals surface area contributed by atoms with E-state index in [4.69, 9.17) is 14.5 Å². The summed E-state index contributed by atoms with van der Waals surface area (Å²) in [6.45, 7) is 2.77. The molecule has 2 aliphatic rings. The average molecular weight is 367 g/mol. The molecule has 142 valence electrons. The minimum atomic E-state index is -0.240. The van der Waals surface area contributed by atoms with Crippen LogP contribution in [0.3, 0.4) is 0 Å². The van der Waals surface area contributed by atoms with Crippen molar-refractivity contribution in [2.45, 2.75) is 44.8 Å². The molecule has 0 saturated heterocycles. The fraction of sp³-hybridized carbons (Fsp3) is 0.429. The van der Waals surface area contributed by atoms with Gasteiger partial charge in [-0.05, 0) is 56.9 Å². The van der Waals surface area contributed by atoms with Gasteiger partial charge in [0.25, 0.3) is 0 Å². The lowest BCUT2D eigenvalue weighted by Crippen LogP contribution is -2.36. The molecule has 1 atom stereocenters. The SMILES string of the molecule is COc1cccc(NC(C)c2ccc3c(n2)CCCN3C(=O)OC2CC2)c1. The highest BCUT2D eigenvalue weighted by Gasteiger charge is 2.31. The summed E-state index contributed by atoms with van der Waals surface area (Å²) in [5.74, 6) is 0.815. The summed E-state index contributed by atoms with van der Waals surface area (Å²) < 4.78 is 10.7. The Kier molecular flexibility index (Phi) is 4.88. The lowest BCUT2D eigenvalue weighted by atomic mass is 10.1. The van der Waals surface area contributed by atoms with Crippen LogP contribution in [0.4, 0.5) is 16.2 Å². The van der Waals surface area contributed by atoms with Crippen LogP contribution >= 0.6 is 0 Å². The summed E-state index contributed by atoms with van der Waals surface area (Å²) in [5.41, 5.74) is 3.78. The monoisotopic (exact) mass is 367 g/mol. The van der Waals surface area contributed by atoms with Crippen LogP contribution in [0, 0.1) is 0 Å². The van der Waals surface area contributed by atoms with Crippen LogP contribution in [-0.2, 0) is 11.2 Å². The van der Waals surface area contributed by atoms with Gasteiger partial charge in [0, 0.05) is 18.3 Å². The molecule has 1 N–H and O–H groups in total. The van der Waals surface area contributed by atoms with Crippen LogP contribution in [0.25, 0.3) is 0 Å². The molecular weight excluding hydrogens is 342 g/mol. The smallest absolute Gasteiger partial charge is 0.414 e. The number of aromatic nitrogens is 1. The summed E-state index contributed by atoms with van der Waals surface area (Å²) in [5, 5.41) is 3.46. The predicted octanol–water partition coefficient (Wildman–Crippen LogP) is 4.31. The molecule has 27 heavy (non-hydrogen) atoms. The molecule has 1 aliphatic carbocycles. The molecule has 1 aliphatic heterocycles. The summed E-state index contributed by atoms with van der Waals surface area (Å²) in [6, 6.07) is 11.9. The lowest BCUT2D eigenvalue weighted by molar-refractivity contribution is 0.146. The van der Waals surface area contributed by atoms with Crippen LogP contribution in [0.1, 0.15) is 43.6 Å². The molecule has 1 unspecified atom stereocenters. The third kappa shape index (κ3) is 3.99. The first-order valence-electron chi connectivity index (χ1n) is 9.52. The number of hydrogen-bond donors (Lipinski definition) is 1. The van der Waals surface area contributed by atoms with E-state index in [2.05, 4.69) is 12.2 Å². The first-order valence-corrected chi connectivity index (χ1v) is 9.52. The number of methoxy groups -OCH3 is 1. The van der Waals surface area contributed by atoms with E-state index in [-0.39, 0.29) is 18.2 Å². The molecule has 2 aromatic rings. The van der Waals surface area contributed by atoms with E-state index in [9.17, 15) is 4.79 Å². The van der Waals surface area contributed by atoms with E-state index in [1.807, 2.05) is 36.4 Å². The van der Waals surface area contributed by atoms with Crippen LogP contribution in [0.2, 0.25) is 0 Å². The van der Waals surface area contributed by atoms with E-state index in [1.165, 1.54) is 0 Å². The fourth-order valence-corrected chi connectivity index (χ4v) is 3.33. The Hall–Kier alpha value is -2.76. The zero-order chi connectivity index (χ0) is 18.8. The van der Waals surface area contributed by atoms with Crippen LogP contribution in [0.5, 0.6) is 5.75 Å². The highest BCUT2D eigenvalue weighted by molar-refractivity contribution is 5.89. The summed E-state index contributed by atoms with van der Waals surface area (Å²) in [6.07, 6.45) is 3.62. The van der Waals surface area contributed by atoms with Gasteiger partial charge < -0.3 is 14.8 Å². The Balaban J connectivity index is 1.50. The van der Waals surface area contributed by atoms with Gasteiger partial charge in [-0.3, -0.25) is 9.88 Å². The topological polar surface area (TPSA) is 63.7 Å². The minimum Gasteiger partial charge on any atom is -0.497 e. The second kappa shape index (κ2) is 7.47. The Morgan fingerprint density at radius 2 is 2.15 bits per heavy atom. The number of aryl methyl sites for hydroxylation is 1. The third-order valence-corrected chi connectivity index (χ3v) is 4.97. The quantitative estimate of drug-likeness (QED) is 0.853. The number of ether oxygens (including phenoxy) is 2. The normalized spacial score (nSPS) is 17.0. The standard InChI is InChI=1S/C21H25N3O3/c1-14(22-15-5-3-6-17(13-15)26-2)18-10-11-20-19(23-18)7-4-12-24(20)21(25)27-16-8-9-16/h3,5-6,10-11,13-14,16,22H,4,7-9,12H2,1-2H3. The third-order valence-electron chi connectivity index (χ3n) is 4.97. The molecule has 1 saturated carbocycles. The highest BCUT2D eigenvalue weighted by Crippen LogP contribution is 2.31. The average Bonchev–Trinajstić information content (AvgIpc) is 3.51. The van der Waals surface area contributed by atoms with Crippen molar-refractivity contribution in [2.24, 2.45) is 0 Å². The van der Waals surface area contributed by atoms with Gasteiger partial charge in [-0.1, -0.05) is 6.07 Å². The molecule has 1 fully saturated rings. The van der Waals surface area contributed by atoms with Gasteiger partial charge in [0.05, 0.1) is 30.2 Å². The number of amides is 1. The number of benzene rings is 1. The summed E-state index contributed by atoms with van der Waals surface area (Å²) in [4.78, 5) is 18.9. The maximum absolute atomic E-state index is 12.4. The molecule has 6 nitrogen and oxygen atoms in total. The van der Waals surface area contributed by atoms with Crippen molar-refractivity contribution < 1.29 is 14.3 Å². The summed E-state index contributed by atoms with van der Waals surface area (Å²) in [7, 11) is 1.66. The molecule has 0 radical (unpaired) electrons. The number of fused-ring (bicyclic) bond motifs is 1. The van der Waals surface area contributed by atoms with Gasteiger partial charge >= 0.3 is 6.09 Å². The Morgan fingerprint density at radius 1 is 1.30 bits per heavy atom. The van der Waals surface area contributed by atoms with Crippen LogP contribution in [0.15, 0.2) is 36.4 Å². The van der Waals surface area contributed by atoms with Gasteiger partial charge in [-0.25, -0.2) is 4.79 Å². The number of anilines is 2. The van der Waals surface area contributed by atoms with E-state index in [0.29, 0.717) is 6.54 Å². The molecule has 6 heteroatoms. The van der Waals surface area contributed by atoms with E-state index < -0.39 is 0 Å². The molecule has 0 spiro atoms. The van der Waals surface area contributed by atoms with Crippen molar-refractivity contribution in [3.05, 3.63) is 47.8 Å². The number of carbonyl (C=O) groups excluding carboxylic acids is 1. The van der Waals surface area contributed by atoms with E-state index in [1.54, 1.807) is 12.0 Å². The highest BCUT2D eigenvalue weighted by atomic mass is 16.6. The second-order valence-electron chi connectivity index (χ2n) is 7.14. The molecular formula is C21H25N3O3. The first-order chi connectivity index (χ1) is 13.1. The molecule has 0 bridgehead atoms. The van der Waals surface area contributed by atoms with Gasteiger partial charge in [-0.15, -0.1) is 0 Å². The van der Waals surface area contributed by atoms with Crippen molar-refractivity contribution in [3.63, 3.8) is 0 Å². The maximum Gasteiger partial charge on any atom is 0.414 e. The van der Waals surface area contributed by atoms with Crippen molar-refractivity contribution in [2.75, 3.05) is 23.9 Å². The number of carbonyl (C=O) groups is 1. The molecule has 2 heterocycles. The fourth-order valence-electron chi connectivity index (χ4n) is 3.33. The predicted molar refractivity (Wildman–Crippen MR) is 104 cm³/mol. The van der Waals surface area contributed by atoms with E-state index in [0.717, 1.165) is 54.2 Å². The first kappa shape index (κ1) is 17.6. The molecule has 4 rings (SSSR count). The van der Waals surface area contributed by atoms with Gasteiger partial charge in [-0.2, -0.15) is 0 Å². The Labute approximate surface area is 159 Å². The number of rotatable bonds is 5. The van der Waals surface area contributed by atoms with Crippen LogP contribution < -0.4 is 15.0 Å². The maximum atomic E-state index is 12.4. The lowest BCUT2D eigenvalue weighted by Gasteiger charge is -2.29. The number of nitrogens with one attached hydrogen (secondary N) is 1.